The van der Waals surface area contributed by atoms with Crippen molar-refractivity contribution in [3.8, 4) is 11.5 Å². The van der Waals surface area contributed by atoms with E-state index in [1.807, 2.05) is 0 Å². The molecule has 0 aromatic heterocycles. The van der Waals surface area contributed by atoms with Crippen LogP contribution in [0, 0.1) is 6.92 Å². The number of carbonyl (C=O) groups is 2. The zero-order chi connectivity index (χ0) is 18.7. The maximum absolute atomic E-state index is 12.3. The van der Waals surface area contributed by atoms with Gasteiger partial charge in [-0.3, -0.25) is 4.79 Å². The minimum Gasteiger partial charge on any atom is -0.507 e. The van der Waals surface area contributed by atoms with Gasteiger partial charge in [-0.05, 0) is 49.7 Å². The minimum absolute atomic E-state index is 0.232. The van der Waals surface area contributed by atoms with Gasteiger partial charge in [0.15, 0.2) is 6.10 Å². The number of hydrogen-bond donors (Lipinski definition) is 3. The Hall–Kier alpha value is -2.44. The Morgan fingerprint density at radius 3 is 2.48 bits per heavy atom. The Labute approximate surface area is 153 Å². The highest BCUT2D eigenvalue weighted by molar-refractivity contribution is 6.35. The molecule has 0 spiro atoms. The monoisotopic (exact) mass is 383 g/mol. The first-order valence-corrected chi connectivity index (χ1v) is 7.94. The molecule has 0 heterocycles. The van der Waals surface area contributed by atoms with Crippen LogP contribution < -0.4 is 10.1 Å². The lowest BCUT2D eigenvalue weighted by Gasteiger charge is -2.16. The van der Waals surface area contributed by atoms with Crippen molar-refractivity contribution in [3.05, 3.63) is 51.5 Å². The van der Waals surface area contributed by atoms with Gasteiger partial charge in [-0.15, -0.1) is 0 Å². The van der Waals surface area contributed by atoms with Crippen molar-refractivity contribution in [2.24, 2.45) is 0 Å². The molecule has 0 aliphatic heterocycles. The third-order valence-corrected chi connectivity index (χ3v) is 3.90. The summed E-state index contributed by atoms with van der Waals surface area (Å²) in [4.78, 5) is 23.4. The van der Waals surface area contributed by atoms with Crippen LogP contribution >= 0.6 is 23.2 Å². The van der Waals surface area contributed by atoms with Gasteiger partial charge in [-0.2, -0.15) is 0 Å². The summed E-state index contributed by atoms with van der Waals surface area (Å²) >= 11 is 11.8. The number of carboxylic acid groups (broad SMARTS) is 1. The van der Waals surface area contributed by atoms with E-state index in [2.05, 4.69) is 5.32 Å². The Kier molecular flexibility index (Phi) is 5.77. The number of aryl methyl sites for hydroxylation is 1. The van der Waals surface area contributed by atoms with Crippen molar-refractivity contribution in [1.29, 1.82) is 0 Å². The number of hydrogen-bond acceptors (Lipinski definition) is 4. The SMILES string of the molecule is Cc1cc(NC(=O)[C@@H](C)Oc2ccc(Cl)cc2Cl)cc(C(=O)O)c1O. The quantitative estimate of drug-likeness (QED) is 0.675. The van der Waals surface area contributed by atoms with Crippen LogP contribution in [0.5, 0.6) is 11.5 Å². The van der Waals surface area contributed by atoms with Crippen LogP contribution in [0.2, 0.25) is 10.0 Å². The number of aromatic hydroxyl groups is 1. The highest BCUT2D eigenvalue weighted by atomic mass is 35.5. The van der Waals surface area contributed by atoms with E-state index in [9.17, 15) is 14.7 Å². The molecule has 0 radical (unpaired) electrons. The second-order valence-corrected chi connectivity index (χ2v) is 6.16. The number of anilines is 1. The summed E-state index contributed by atoms with van der Waals surface area (Å²) < 4.78 is 5.50. The lowest BCUT2D eigenvalue weighted by Crippen LogP contribution is -2.30. The van der Waals surface area contributed by atoms with Gasteiger partial charge < -0.3 is 20.3 Å². The van der Waals surface area contributed by atoms with E-state index in [-0.39, 0.29) is 22.0 Å². The molecular weight excluding hydrogens is 369 g/mol. The molecule has 6 nitrogen and oxygen atoms in total. The highest BCUT2D eigenvalue weighted by Gasteiger charge is 2.19. The first-order valence-electron chi connectivity index (χ1n) is 7.18. The fourth-order valence-electron chi connectivity index (χ4n) is 2.07. The Morgan fingerprint density at radius 1 is 1.20 bits per heavy atom. The normalized spacial score (nSPS) is 11.7. The molecule has 8 heteroatoms. The lowest BCUT2D eigenvalue weighted by molar-refractivity contribution is -0.122. The van der Waals surface area contributed by atoms with Crippen LogP contribution in [0.1, 0.15) is 22.8 Å². The molecule has 1 amide bonds. The maximum atomic E-state index is 12.3. The number of nitrogens with one attached hydrogen (secondary N) is 1. The smallest absolute Gasteiger partial charge is 0.339 e. The van der Waals surface area contributed by atoms with E-state index in [0.29, 0.717) is 16.3 Å². The molecule has 3 N–H and O–H groups in total. The Balaban J connectivity index is 2.15. The summed E-state index contributed by atoms with van der Waals surface area (Å²) in [5.41, 5.74) is 0.254. The number of aromatic carboxylic acids is 1. The van der Waals surface area contributed by atoms with Crippen molar-refractivity contribution < 1.29 is 24.5 Å². The van der Waals surface area contributed by atoms with Crippen molar-refractivity contribution in [2.75, 3.05) is 5.32 Å². The zero-order valence-electron chi connectivity index (χ0n) is 13.3. The van der Waals surface area contributed by atoms with Crippen molar-refractivity contribution >= 4 is 40.8 Å². The summed E-state index contributed by atoms with van der Waals surface area (Å²) in [6.45, 7) is 3.05. The maximum Gasteiger partial charge on any atom is 0.339 e. The van der Waals surface area contributed by atoms with Gasteiger partial charge in [0.1, 0.15) is 17.1 Å². The van der Waals surface area contributed by atoms with Gasteiger partial charge in [0.05, 0.1) is 5.02 Å². The summed E-state index contributed by atoms with van der Waals surface area (Å²) in [6.07, 6.45) is -0.902. The van der Waals surface area contributed by atoms with E-state index < -0.39 is 18.0 Å². The first-order chi connectivity index (χ1) is 11.7. The molecule has 0 aliphatic rings. The van der Waals surface area contributed by atoms with E-state index in [1.54, 1.807) is 12.1 Å². The van der Waals surface area contributed by atoms with Crippen molar-refractivity contribution in [1.82, 2.24) is 0 Å². The van der Waals surface area contributed by atoms with Crippen LogP contribution in [-0.4, -0.2) is 28.2 Å². The molecule has 2 aromatic rings. The molecule has 1 atom stereocenters. The molecule has 2 rings (SSSR count). The lowest BCUT2D eigenvalue weighted by atomic mass is 10.1. The van der Waals surface area contributed by atoms with E-state index in [1.165, 1.54) is 32.0 Å². The van der Waals surface area contributed by atoms with Gasteiger partial charge >= 0.3 is 5.97 Å². The van der Waals surface area contributed by atoms with Gasteiger partial charge in [0.25, 0.3) is 5.91 Å². The number of benzene rings is 2. The number of phenols is 1. The zero-order valence-corrected chi connectivity index (χ0v) is 14.9. The number of halogens is 2. The predicted octanol–water partition coefficient (Wildman–Crippen LogP) is 4.11. The summed E-state index contributed by atoms with van der Waals surface area (Å²) in [6, 6.07) is 7.25. The molecular formula is C17H15Cl2NO5. The van der Waals surface area contributed by atoms with Crippen LogP contribution in [-0.2, 0) is 4.79 Å². The topological polar surface area (TPSA) is 95.9 Å². The third kappa shape index (κ3) is 4.55. The molecule has 0 saturated heterocycles. The Bertz CT molecular complexity index is 838. The average Bonchev–Trinajstić information content (AvgIpc) is 2.52. The number of ether oxygens (including phenoxy) is 1. The largest absolute Gasteiger partial charge is 0.507 e. The predicted molar refractivity (Wildman–Crippen MR) is 95.0 cm³/mol. The third-order valence-electron chi connectivity index (χ3n) is 3.37. The summed E-state index contributed by atoms with van der Waals surface area (Å²) in [5.74, 6) is -1.86. The van der Waals surface area contributed by atoms with Crippen molar-refractivity contribution in [2.45, 2.75) is 20.0 Å². The molecule has 0 aliphatic carbocycles. The van der Waals surface area contributed by atoms with E-state index >= 15 is 0 Å². The number of rotatable bonds is 5. The Morgan fingerprint density at radius 2 is 1.88 bits per heavy atom. The van der Waals surface area contributed by atoms with Gasteiger partial charge in [-0.25, -0.2) is 4.79 Å². The van der Waals surface area contributed by atoms with Crippen LogP contribution in [0.15, 0.2) is 30.3 Å². The number of amides is 1. The second-order valence-electron chi connectivity index (χ2n) is 5.32. The molecule has 0 fully saturated rings. The fraction of sp³-hybridized carbons (Fsp3) is 0.176. The average molecular weight is 384 g/mol. The molecule has 0 unspecified atom stereocenters. The number of carboxylic acids is 1. The van der Waals surface area contributed by atoms with E-state index in [4.69, 9.17) is 33.0 Å². The second kappa shape index (κ2) is 7.63. The molecule has 2 aromatic carbocycles. The molecule has 0 bridgehead atoms. The van der Waals surface area contributed by atoms with Crippen LogP contribution in [0.4, 0.5) is 5.69 Å². The summed E-state index contributed by atoms with van der Waals surface area (Å²) in [5, 5.41) is 22.1. The highest BCUT2D eigenvalue weighted by Crippen LogP contribution is 2.29. The van der Waals surface area contributed by atoms with E-state index in [0.717, 1.165) is 0 Å². The minimum atomic E-state index is -1.30. The van der Waals surface area contributed by atoms with Gasteiger partial charge in [-0.1, -0.05) is 23.2 Å². The van der Waals surface area contributed by atoms with Gasteiger partial charge in [0, 0.05) is 10.7 Å². The van der Waals surface area contributed by atoms with Gasteiger partial charge in [0.2, 0.25) is 0 Å². The van der Waals surface area contributed by atoms with Crippen LogP contribution in [0.3, 0.4) is 0 Å². The summed E-state index contributed by atoms with van der Waals surface area (Å²) in [7, 11) is 0. The first kappa shape index (κ1) is 18.9. The standard InChI is InChI=1S/C17H15Cl2NO5/c1-8-5-11(7-12(15(8)21)17(23)24)20-16(22)9(2)25-14-4-3-10(18)6-13(14)19/h3-7,9,21H,1-2H3,(H,20,22)(H,23,24)/t9-/m1/s1. The molecule has 25 heavy (non-hydrogen) atoms. The van der Waals surface area contributed by atoms with Crippen LogP contribution in [0.25, 0.3) is 0 Å². The molecule has 132 valence electrons. The molecule has 0 saturated carbocycles. The number of carbonyl (C=O) groups excluding carboxylic acids is 1. The van der Waals surface area contributed by atoms with Crippen molar-refractivity contribution in [3.63, 3.8) is 0 Å². The fourth-order valence-corrected chi connectivity index (χ4v) is 2.53.